The molecule has 0 saturated carbocycles. The lowest BCUT2D eigenvalue weighted by atomic mass is 10.1. The molecule has 4 nitrogen and oxygen atoms in total. The van der Waals surface area contributed by atoms with Crippen molar-refractivity contribution in [3.8, 4) is 0 Å². The van der Waals surface area contributed by atoms with Crippen LogP contribution in [-0.2, 0) is 12.8 Å². The predicted molar refractivity (Wildman–Crippen MR) is 105 cm³/mol. The van der Waals surface area contributed by atoms with E-state index in [0.717, 1.165) is 29.6 Å². The number of nitrogens with zero attached hydrogens (tertiary/aromatic N) is 3. The summed E-state index contributed by atoms with van der Waals surface area (Å²) >= 11 is 1.70. The van der Waals surface area contributed by atoms with Crippen molar-refractivity contribution in [1.82, 2.24) is 14.5 Å². The highest BCUT2D eigenvalue weighted by Crippen LogP contribution is 2.21. The Hall–Kier alpha value is -1.75. The van der Waals surface area contributed by atoms with Gasteiger partial charge in [0.25, 0.3) is 5.91 Å². The normalized spacial score (nSPS) is 11.3. The lowest BCUT2D eigenvalue weighted by Crippen LogP contribution is -2.37. The summed E-state index contributed by atoms with van der Waals surface area (Å²) in [6, 6.07) is 7.99. The smallest absolute Gasteiger partial charge is 0.253 e. The van der Waals surface area contributed by atoms with Crippen LogP contribution in [0.25, 0.3) is 0 Å². The molecule has 2 rings (SSSR count). The summed E-state index contributed by atoms with van der Waals surface area (Å²) in [4.78, 5) is 19.1. The van der Waals surface area contributed by atoms with Crippen LogP contribution in [0.3, 0.4) is 0 Å². The van der Waals surface area contributed by atoms with Crippen molar-refractivity contribution in [1.29, 1.82) is 0 Å². The van der Waals surface area contributed by atoms with Gasteiger partial charge in [-0.15, -0.1) is 0 Å². The number of aryl methyl sites for hydroxylation is 1. The van der Waals surface area contributed by atoms with E-state index in [-0.39, 0.29) is 5.91 Å². The van der Waals surface area contributed by atoms with Gasteiger partial charge in [0.15, 0.2) is 5.16 Å². The zero-order chi connectivity index (χ0) is 18.4. The van der Waals surface area contributed by atoms with Gasteiger partial charge in [-0.25, -0.2) is 4.98 Å². The molecule has 0 radical (unpaired) electrons. The molecule has 25 heavy (non-hydrogen) atoms. The summed E-state index contributed by atoms with van der Waals surface area (Å²) in [5.41, 5.74) is 1.97. The van der Waals surface area contributed by atoms with Gasteiger partial charge in [-0.05, 0) is 29.5 Å². The Morgan fingerprint density at radius 1 is 1.12 bits per heavy atom. The fourth-order valence-corrected chi connectivity index (χ4v) is 3.58. The predicted octanol–water partition coefficient (Wildman–Crippen LogP) is 4.47. The van der Waals surface area contributed by atoms with Crippen molar-refractivity contribution in [2.45, 2.75) is 38.6 Å². The SMILES string of the molecule is CC(C)CN(CC(C)C)C(=O)c1ccc(CSc2nccn2C)cc1. The average Bonchev–Trinajstić information content (AvgIpc) is 2.96. The minimum atomic E-state index is 0.130. The standard InChI is InChI=1S/C20H29N3OS/c1-15(2)12-23(13-16(3)4)19(24)18-8-6-17(7-9-18)14-25-20-21-10-11-22(20)5/h6-11,15-16H,12-14H2,1-5H3. The molecule has 0 spiro atoms. The molecule has 1 amide bonds. The van der Waals surface area contributed by atoms with Crippen LogP contribution in [-0.4, -0.2) is 33.4 Å². The molecule has 2 aromatic rings. The maximum atomic E-state index is 12.8. The molecule has 0 bridgehead atoms. The summed E-state index contributed by atoms with van der Waals surface area (Å²) in [5, 5.41) is 1.00. The van der Waals surface area contributed by atoms with E-state index in [1.165, 1.54) is 5.56 Å². The topological polar surface area (TPSA) is 38.1 Å². The zero-order valence-electron chi connectivity index (χ0n) is 15.9. The molecule has 0 atom stereocenters. The quantitative estimate of drug-likeness (QED) is 0.653. The molecular weight excluding hydrogens is 330 g/mol. The van der Waals surface area contributed by atoms with E-state index in [1.807, 2.05) is 53.2 Å². The van der Waals surface area contributed by atoms with Crippen LogP contribution >= 0.6 is 11.8 Å². The van der Waals surface area contributed by atoms with Gasteiger partial charge in [-0.1, -0.05) is 51.6 Å². The van der Waals surface area contributed by atoms with Crippen LogP contribution in [0, 0.1) is 11.8 Å². The molecule has 0 N–H and O–H groups in total. The van der Waals surface area contributed by atoms with E-state index in [2.05, 4.69) is 32.7 Å². The van der Waals surface area contributed by atoms with Gasteiger partial charge in [-0.2, -0.15) is 0 Å². The van der Waals surface area contributed by atoms with Crippen molar-refractivity contribution in [3.05, 3.63) is 47.8 Å². The monoisotopic (exact) mass is 359 g/mol. The van der Waals surface area contributed by atoms with Gasteiger partial charge in [0.1, 0.15) is 0 Å². The first kappa shape index (κ1) is 19.6. The molecule has 0 unspecified atom stereocenters. The minimum Gasteiger partial charge on any atom is -0.338 e. The van der Waals surface area contributed by atoms with Gasteiger partial charge in [-0.3, -0.25) is 4.79 Å². The Balaban J connectivity index is 2.01. The fourth-order valence-electron chi connectivity index (χ4n) is 2.69. The van der Waals surface area contributed by atoms with Gasteiger partial charge in [0.05, 0.1) is 0 Å². The van der Waals surface area contributed by atoms with E-state index < -0.39 is 0 Å². The second-order valence-electron chi connectivity index (χ2n) is 7.30. The summed E-state index contributed by atoms with van der Waals surface area (Å²) in [6.45, 7) is 10.2. The van der Waals surface area contributed by atoms with Gasteiger partial charge >= 0.3 is 0 Å². The van der Waals surface area contributed by atoms with Crippen LogP contribution in [0.1, 0.15) is 43.6 Å². The van der Waals surface area contributed by atoms with Crippen LogP contribution in [0.2, 0.25) is 0 Å². The van der Waals surface area contributed by atoms with Crippen molar-refractivity contribution in [2.24, 2.45) is 18.9 Å². The number of carbonyl (C=O) groups excluding carboxylic acids is 1. The lowest BCUT2D eigenvalue weighted by molar-refractivity contribution is 0.0715. The molecule has 0 aliphatic rings. The van der Waals surface area contributed by atoms with Crippen molar-refractivity contribution >= 4 is 17.7 Å². The number of hydrogen-bond donors (Lipinski definition) is 0. The van der Waals surface area contributed by atoms with Crippen LogP contribution in [0.5, 0.6) is 0 Å². The van der Waals surface area contributed by atoms with Crippen LogP contribution < -0.4 is 0 Å². The van der Waals surface area contributed by atoms with E-state index in [4.69, 9.17) is 0 Å². The molecule has 0 aliphatic carbocycles. The fraction of sp³-hybridized carbons (Fsp3) is 0.500. The third kappa shape index (κ3) is 5.92. The number of rotatable bonds is 8. The molecule has 1 heterocycles. The Labute approximate surface area is 155 Å². The second-order valence-corrected chi connectivity index (χ2v) is 8.25. The van der Waals surface area contributed by atoms with E-state index in [0.29, 0.717) is 11.8 Å². The van der Waals surface area contributed by atoms with Crippen molar-refractivity contribution in [2.75, 3.05) is 13.1 Å². The van der Waals surface area contributed by atoms with Crippen molar-refractivity contribution < 1.29 is 4.79 Å². The zero-order valence-corrected chi connectivity index (χ0v) is 16.7. The first-order valence-corrected chi connectivity index (χ1v) is 9.83. The molecule has 5 heteroatoms. The first-order chi connectivity index (χ1) is 11.9. The van der Waals surface area contributed by atoms with E-state index in [1.54, 1.807) is 11.8 Å². The van der Waals surface area contributed by atoms with Crippen molar-refractivity contribution in [3.63, 3.8) is 0 Å². The molecule has 0 fully saturated rings. The maximum Gasteiger partial charge on any atom is 0.253 e. The number of hydrogen-bond acceptors (Lipinski definition) is 3. The molecule has 1 aromatic heterocycles. The largest absolute Gasteiger partial charge is 0.338 e. The summed E-state index contributed by atoms with van der Waals surface area (Å²) in [5.74, 6) is 1.92. The second kappa shape index (κ2) is 9.09. The van der Waals surface area contributed by atoms with Crippen LogP contribution in [0.15, 0.2) is 41.8 Å². The number of imidazole rings is 1. The average molecular weight is 360 g/mol. The number of thioether (sulfide) groups is 1. The van der Waals surface area contributed by atoms with Crippen LogP contribution in [0.4, 0.5) is 0 Å². The van der Waals surface area contributed by atoms with Gasteiger partial charge in [0.2, 0.25) is 0 Å². The lowest BCUT2D eigenvalue weighted by Gasteiger charge is -2.26. The number of amides is 1. The Bertz CT molecular complexity index is 667. The Morgan fingerprint density at radius 2 is 1.72 bits per heavy atom. The minimum absolute atomic E-state index is 0.130. The summed E-state index contributed by atoms with van der Waals surface area (Å²) < 4.78 is 2.01. The highest BCUT2D eigenvalue weighted by Gasteiger charge is 2.18. The Kier molecular flexibility index (Phi) is 7.12. The highest BCUT2D eigenvalue weighted by molar-refractivity contribution is 7.98. The summed E-state index contributed by atoms with van der Waals surface area (Å²) in [7, 11) is 2.00. The maximum absolute atomic E-state index is 12.8. The third-order valence-corrected chi connectivity index (χ3v) is 4.93. The molecule has 0 saturated heterocycles. The number of benzene rings is 1. The van der Waals surface area contributed by atoms with Gasteiger partial charge in [0, 0.05) is 43.8 Å². The van der Waals surface area contributed by atoms with E-state index >= 15 is 0 Å². The molecule has 1 aromatic carbocycles. The summed E-state index contributed by atoms with van der Waals surface area (Å²) in [6.07, 6.45) is 3.75. The van der Waals surface area contributed by atoms with Gasteiger partial charge < -0.3 is 9.47 Å². The highest BCUT2D eigenvalue weighted by atomic mass is 32.2. The third-order valence-electron chi connectivity index (χ3n) is 3.80. The first-order valence-electron chi connectivity index (χ1n) is 8.85. The molecule has 0 aliphatic heterocycles. The molecule has 136 valence electrons. The van der Waals surface area contributed by atoms with E-state index in [9.17, 15) is 4.79 Å². The Morgan fingerprint density at radius 3 is 2.20 bits per heavy atom. The molecular formula is C20H29N3OS. The number of carbonyl (C=O) groups is 1. The number of aromatic nitrogens is 2.